The minimum Gasteiger partial charge on any atom is -0.309 e. The van der Waals surface area contributed by atoms with Crippen LogP contribution in [0.4, 0.5) is 0 Å². The molecule has 0 N–H and O–H groups in total. The first-order valence-electron chi connectivity index (χ1n) is 16.5. The molecule has 0 saturated carbocycles. The standard InChI is InChI=1S/C45H28N4/c1-4-15-30(16-5-1)43-46-44(31-17-6-2-7-18-31)48-45(47-43)32-25-27-39-38(28-32)41-36-23-13-12-22-35(36)37-26-24-29-14-10-11-21-34(29)40(37)42(41)49(39)33-19-8-3-9-20-33/h1-28H. The number of benzene rings is 8. The first kappa shape index (κ1) is 27.5. The highest BCUT2D eigenvalue weighted by Gasteiger charge is 2.21. The Kier molecular flexibility index (Phi) is 6.15. The number of para-hydroxylation sites is 1. The van der Waals surface area contributed by atoms with Crippen LogP contribution in [-0.2, 0) is 0 Å². The maximum Gasteiger partial charge on any atom is 0.164 e. The fourth-order valence-corrected chi connectivity index (χ4v) is 7.41. The van der Waals surface area contributed by atoms with Crippen molar-refractivity contribution < 1.29 is 0 Å². The van der Waals surface area contributed by atoms with Crippen molar-refractivity contribution in [3.63, 3.8) is 0 Å². The maximum atomic E-state index is 5.08. The molecule has 0 spiro atoms. The SMILES string of the molecule is c1ccc(-c2nc(-c3ccccc3)nc(-c3ccc4c(c3)c3c5ccccc5c5ccc6ccccc6c5c3n4-c3ccccc3)n2)cc1. The molecule has 0 aliphatic heterocycles. The Morgan fingerprint density at radius 2 is 0.857 bits per heavy atom. The smallest absolute Gasteiger partial charge is 0.164 e. The van der Waals surface area contributed by atoms with E-state index in [0.717, 1.165) is 33.3 Å². The topological polar surface area (TPSA) is 43.6 Å². The summed E-state index contributed by atoms with van der Waals surface area (Å²) in [5.74, 6) is 1.95. The van der Waals surface area contributed by atoms with Crippen molar-refractivity contribution in [1.82, 2.24) is 19.5 Å². The maximum absolute atomic E-state index is 5.08. The van der Waals surface area contributed by atoms with Crippen molar-refractivity contribution in [3.05, 3.63) is 170 Å². The second kappa shape index (κ2) is 11.0. The zero-order valence-corrected chi connectivity index (χ0v) is 26.5. The van der Waals surface area contributed by atoms with Gasteiger partial charge < -0.3 is 4.57 Å². The molecule has 0 aliphatic carbocycles. The van der Waals surface area contributed by atoms with E-state index in [1.807, 2.05) is 60.7 Å². The zero-order chi connectivity index (χ0) is 32.3. The van der Waals surface area contributed by atoms with Gasteiger partial charge in [-0.25, -0.2) is 15.0 Å². The van der Waals surface area contributed by atoms with E-state index in [9.17, 15) is 0 Å². The number of nitrogens with zero attached hydrogens (tertiary/aromatic N) is 4. The summed E-state index contributed by atoms with van der Waals surface area (Å²) in [7, 11) is 0. The number of fused-ring (bicyclic) bond motifs is 10. The molecule has 0 bridgehead atoms. The predicted molar refractivity (Wildman–Crippen MR) is 203 cm³/mol. The van der Waals surface area contributed by atoms with Crippen LogP contribution in [0.1, 0.15) is 0 Å². The quantitative estimate of drug-likeness (QED) is 0.183. The molecular weight excluding hydrogens is 597 g/mol. The van der Waals surface area contributed by atoms with Crippen LogP contribution in [0.25, 0.3) is 94.0 Å². The van der Waals surface area contributed by atoms with Crippen LogP contribution in [0.5, 0.6) is 0 Å². The van der Waals surface area contributed by atoms with Crippen molar-refractivity contribution in [2.45, 2.75) is 0 Å². The Balaban J connectivity index is 1.35. The summed E-state index contributed by atoms with van der Waals surface area (Å²) in [6.07, 6.45) is 0. The van der Waals surface area contributed by atoms with Crippen molar-refractivity contribution in [2.24, 2.45) is 0 Å². The molecule has 0 aliphatic rings. The van der Waals surface area contributed by atoms with Crippen LogP contribution in [0.3, 0.4) is 0 Å². The molecule has 0 amide bonds. The second-order valence-electron chi connectivity index (χ2n) is 12.4. The van der Waals surface area contributed by atoms with Gasteiger partial charge in [0, 0.05) is 38.5 Å². The molecule has 0 radical (unpaired) electrons. The molecule has 2 heterocycles. The third kappa shape index (κ3) is 4.35. The Labute approximate surface area is 282 Å². The fraction of sp³-hybridized carbons (Fsp3) is 0. The van der Waals surface area contributed by atoms with Gasteiger partial charge >= 0.3 is 0 Å². The lowest BCUT2D eigenvalue weighted by Crippen LogP contribution is -2.00. The van der Waals surface area contributed by atoms with Crippen LogP contribution in [-0.4, -0.2) is 19.5 Å². The van der Waals surface area contributed by atoms with Gasteiger partial charge in [0.1, 0.15) is 0 Å². The van der Waals surface area contributed by atoms with Crippen LogP contribution < -0.4 is 0 Å². The zero-order valence-electron chi connectivity index (χ0n) is 26.5. The lowest BCUT2D eigenvalue weighted by Gasteiger charge is -2.14. The monoisotopic (exact) mass is 624 g/mol. The van der Waals surface area contributed by atoms with E-state index in [1.54, 1.807) is 0 Å². The van der Waals surface area contributed by atoms with Gasteiger partial charge in [0.2, 0.25) is 0 Å². The Hall–Kier alpha value is -6.65. The number of aromatic nitrogens is 4. The molecule has 10 rings (SSSR count). The van der Waals surface area contributed by atoms with E-state index >= 15 is 0 Å². The molecule has 0 atom stereocenters. The van der Waals surface area contributed by atoms with E-state index in [0.29, 0.717) is 17.5 Å². The fourth-order valence-electron chi connectivity index (χ4n) is 7.41. The van der Waals surface area contributed by atoms with Gasteiger partial charge in [0.15, 0.2) is 17.5 Å². The van der Waals surface area contributed by atoms with E-state index in [-0.39, 0.29) is 0 Å². The number of hydrogen-bond acceptors (Lipinski definition) is 3. The summed E-state index contributed by atoms with van der Waals surface area (Å²) in [4.78, 5) is 15.1. The number of hydrogen-bond donors (Lipinski definition) is 0. The van der Waals surface area contributed by atoms with E-state index < -0.39 is 0 Å². The first-order chi connectivity index (χ1) is 24.3. The molecule has 10 aromatic rings. The van der Waals surface area contributed by atoms with E-state index in [2.05, 4.69) is 114 Å². The molecule has 0 saturated heterocycles. The highest BCUT2D eigenvalue weighted by atomic mass is 15.0. The summed E-state index contributed by atoms with van der Waals surface area (Å²) >= 11 is 0. The lowest BCUT2D eigenvalue weighted by molar-refractivity contribution is 1.07. The van der Waals surface area contributed by atoms with Crippen LogP contribution >= 0.6 is 0 Å². The molecule has 4 nitrogen and oxygen atoms in total. The van der Waals surface area contributed by atoms with Gasteiger partial charge in [-0.15, -0.1) is 0 Å². The summed E-state index contributed by atoms with van der Waals surface area (Å²) < 4.78 is 2.44. The molecule has 49 heavy (non-hydrogen) atoms. The van der Waals surface area contributed by atoms with Crippen molar-refractivity contribution in [3.8, 4) is 39.9 Å². The largest absolute Gasteiger partial charge is 0.309 e. The highest BCUT2D eigenvalue weighted by molar-refractivity contribution is 6.36. The van der Waals surface area contributed by atoms with Gasteiger partial charge in [-0.3, -0.25) is 0 Å². The minimum atomic E-state index is 0.644. The summed E-state index contributed by atoms with van der Waals surface area (Å²) in [5, 5.41) is 9.82. The molecule has 4 heteroatoms. The third-order valence-electron chi connectivity index (χ3n) is 9.59. The second-order valence-corrected chi connectivity index (χ2v) is 12.4. The summed E-state index contributed by atoms with van der Waals surface area (Å²) in [6.45, 7) is 0. The van der Waals surface area contributed by atoms with Gasteiger partial charge in [0.25, 0.3) is 0 Å². The average molecular weight is 625 g/mol. The van der Waals surface area contributed by atoms with Crippen LogP contribution in [0, 0.1) is 0 Å². The van der Waals surface area contributed by atoms with Gasteiger partial charge in [-0.2, -0.15) is 0 Å². The summed E-state index contributed by atoms with van der Waals surface area (Å²) in [5.41, 5.74) is 6.31. The lowest BCUT2D eigenvalue weighted by atomic mass is 9.93. The van der Waals surface area contributed by atoms with E-state index in [1.165, 1.54) is 43.2 Å². The van der Waals surface area contributed by atoms with Gasteiger partial charge in [0.05, 0.1) is 11.0 Å². The molecule has 0 fully saturated rings. The van der Waals surface area contributed by atoms with E-state index in [4.69, 9.17) is 15.0 Å². The highest BCUT2D eigenvalue weighted by Crippen LogP contribution is 2.45. The molecule has 2 aromatic heterocycles. The molecular formula is C45H28N4. The van der Waals surface area contributed by atoms with Gasteiger partial charge in [-0.05, 0) is 57.3 Å². The van der Waals surface area contributed by atoms with Crippen molar-refractivity contribution in [2.75, 3.05) is 0 Å². The molecule has 0 unspecified atom stereocenters. The third-order valence-corrected chi connectivity index (χ3v) is 9.59. The first-order valence-corrected chi connectivity index (χ1v) is 16.5. The molecule has 228 valence electrons. The van der Waals surface area contributed by atoms with Crippen molar-refractivity contribution in [1.29, 1.82) is 0 Å². The Bertz CT molecular complexity index is 2800. The normalized spacial score (nSPS) is 11.7. The Morgan fingerprint density at radius 3 is 1.53 bits per heavy atom. The van der Waals surface area contributed by atoms with Crippen LogP contribution in [0.2, 0.25) is 0 Å². The number of rotatable bonds is 4. The summed E-state index contributed by atoms with van der Waals surface area (Å²) in [6, 6.07) is 59.7. The average Bonchev–Trinajstić information content (AvgIpc) is 3.53. The minimum absolute atomic E-state index is 0.644. The van der Waals surface area contributed by atoms with Gasteiger partial charge in [-0.1, -0.05) is 140 Å². The van der Waals surface area contributed by atoms with Crippen LogP contribution in [0.15, 0.2) is 170 Å². The van der Waals surface area contributed by atoms with Crippen molar-refractivity contribution >= 4 is 54.1 Å². The molecule has 8 aromatic carbocycles. The Morgan fingerprint density at radius 1 is 0.347 bits per heavy atom. The predicted octanol–water partition coefficient (Wildman–Crippen LogP) is 11.4.